The number of hydrogen-bond acceptors (Lipinski definition) is 1. The van der Waals surface area contributed by atoms with Crippen molar-refractivity contribution in [1.82, 2.24) is 0 Å². The number of aliphatic carboxylic acids is 1. The second kappa shape index (κ2) is 4.34. The molecule has 0 saturated heterocycles. The fourth-order valence-electron chi connectivity index (χ4n) is 2.96. The van der Waals surface area contributed by atoms with E-state index >= 15 is 0 Å². The van der Waals surface area contributed by atoms with Crippen molar-refractivity contribution in [2.75, 3.05) is 0 Å². The molecule has 2 rings (SSSR count). The molecule has 0 bridgehead atoms. The molecule has 0 fully saturated rings. The van der Waals surface area contributed by atoms with E-state index in [1.807, 2.05) is 12.1 Å². The van der Waals surface area contributed by atoms with Crippen molar-refractivity contribution in [3.63, 3.8) is 0 Å². The van der Waals surface area contributed by atoms with Gasteiger partial charge in [0.15, 0.2) is 0 Å². The number of hydrogen-bond donors (Lipinski definition) is 1. The summed E-state index contributed by atoms with van der Waals surface area (Å²) in [5, 5.41) is 9.75. The third-order valence-electron chi connectivity index (χ3n) is 3.95. The van der Waals surface area contributed by atoms with Crippen LogP contribution in [-0.4, -0.2) is 11.1 Å². The summed E-state index contributed by atoms with van der Waals surface area (Å²) in [6.45, 7) is 4.20. The molecule has 17 heavy (non-hydrogen) atoms. The molecule has 92 valence electrons. The standard InChI is InChI=1S/C14H17ClO2/c1-14(2)10(8-12(16)17)7-6-9-4-3-5-11(15)13(9)14/h3-5,10H,6-8H2,1-2H3,(H,16,17). The lowest BCUT2D eigenvalue weighted by molar-refractivity contribution is -0.138. The molecule has 1 atom stereocenters. The Morgan fingerprint density at radius 1 is 1.53 bits per heavy atom. The summed E-state index contributed by atoms with van der Waals surface area (Å²) < 4.78 is 0. The van der Waals surface area contributed by atoms with Crippen LogP contribution < -0.4 is 0 Å². The molecule has 0 saturated carbocycles. The number of carbonyl (C=O) groups is 1. The molecule has 0 aliphatic heterocycles. The van der Waals surface area contributed by atoms with Crippen molar-refractivity contribution in [3.05, 3.63) is 34.3 Å². The quantitative estimate of drug-likeness (QED) is 0.872. The molecule has 1 N–H and O–H groups in total. The van der Waals surface area contributed by atoms with Crippen LogP contribution in [0.15, 0.2) is 18.2 Å². The van der Waals surface area contributed by atoms with Gasteiger partial charge >= 0.3 is 5.97 Å². The second-order valence-corrected chi connectivity index (χ2v) is 5.74. The average molecular weight is 253 g/mol. The van der Waals surface area contributed by atoms with E-state index in [9.17, 15) is 4.79 Å². The van der Waals surface area contributed by atoms with E-state index in [0.29, 0.717) is 0 Å². The molecule has 0 spiro atoms. The SMILES string of the molecule is CC1(C)c2c(Cl)cccc2CCC1CC(=O)O. The van der Waals surface area contributed by atoms with Gasteiger partial charge in [-0.1, -0.05) is 37.6 Å². The first-order valence-corrected chi connectivity index (χ1v) is 6.30. The van der Waals surface area contributed by atoms with Crippen molar-refractivity contribution in [2.24, 2.45) is 5.92 Å². The van der Waals surface area contributed by atoms with Crippen LogP contribution in [0.25, 0.3) is 0 Å². The molecule has 1 aliphatic rings. The Kier molecular flexibility index (Phi) is 3.17. The van der Waals surface area contributed by atoms with E-state index in [0.717, 1.165) is 23.4 Å². The first-order chi connectivity index (χ1) is 7.93. The maximum atomic E-state index is 10.9. The Hall–Kier alpha value is -1.02. The predicted molar refractivity (Wildman–Crippen MR) is 68.5 cm³/mol. The summed E-state index contributed by atoms with van der Waals surface area (Å²) >= 11 is 6.28. The van der Waals surface area contributed by atoms with Gasteiger partial charge < -0.3 is 5.11 Å². The zero-order valence-corrected chi connectivity index (χ0v) is 10.9. The van der Waals surface area contributed by atoms with Crippen molar-refractivity contribution in [3.8, 4) is 0 Å². The van der Waals surface area contributed by atoms with E-state index < -0.39 is 5.97 Å². The molecular weight excluding hydrogens is 236 g/mol. The van der Waals surface area contributed by atoms with Crippen molar-refractivity contribution >= 4 is 17.6 Å². The Morgan fingerprint density at radius 2 is 2.24 bits per heavy atom. The Labute approximate surface area is 107 Å². The lowest BCUT2D eigenvalue weighted by atomic mass is 9.64. The minimum atomic E-state index is -0.724. The number of aryl methyl sites for hydroxylation is 1. The van der Waals surface area contributed by atoms with Crippen LogP contribution in [-0.2, 0) is 16.6 Å². The van der Waals surface area contributed by atoms with E-state index in [-0.39, 0.29) is 17.8 Å². The molecule has 3 heteroatoms. The summed E-state index contributed by atoms with van der Waals surface area (Å²) in [6, 6.07) is 5.96. The molecule has 1 aliphatic carbocycles. The minimum Gasteiger partial charge on any atom is -0.481 e. The van der Waals surface area contributed by atoms with Crippen LogP contribution in [0.1, 0.15) is 37.8 Å². The highest BCUT2D eigenvalue weighted by Crippen LogP contribution is 2.45. The molecule has 1 unspecified atom stereocenters. The summed E-state index contributed by atoms with van der Waals surface area (Å²) in [5.74, 6) is -0.564. The summed E-state index contributed by atoms with van der Waals surface area (Å²) in [6.07, 6.45) is 2.07. The lowest BCUT2D eigenvalue weighted by Crippen LogP contribution is -2.35. The minimum absolute atomic E-state index is 0.160. The second-order valence-electron chi connectivity index (χ2n) is 5.33. The van der Waals surface area contributed by atoms with Crippen LogP contribution >= 0.6 is 11.6 Å². The maximum Gasteiger partial charge on any atom is 0.303 e. The number of rotatable bonds is 2. The largest absolute Gasteiger partial charge is 0.481 e. The zero-order chi connectivity index (χ0) is 12.6. The van der Waals surface area contributed by atoms with Gasteiger partial charge in [-0.3, -0.25) is 4.79 Å². The molecule has 0 aromatic heterocycles. The van der Waals surface area contributed by atoms with Gasteiger partial charge in [0.05, 0.1) is 0 Å². The third-order valence-corrected chi connectivity index (χ3v) is 4.26. The van der Waals surface area contributed by atoms with Gasteiger partial charge in [0, 0.05) is 11.4 Å². The van der Waals surface area contributed by atoms with Crippen LogP contribution in [0.5, 0.6) is 0 Å². The number of benzene rings is 1. The number of halogens is 1. The van der Waals surface area contributed by atoms with Gasteiger partial charge in [-0.05, 0) is 41.4 Å². The molecule has 0 radical (unpaired) electrons. The fraction of sp³-hybridized carbons (Fsp3) is 0.500. The highest BCUT2D eigenvalue weighted by atomic mass is 35.5. The van der Waals surface area contributed by atoms with Gasteiger partial charge in [-0.15, -0.1) is 0 Å². The van der Waals surface area contributed by atoms with Crippen LogP contribution in [0, 0.1) is 5.92 Å². The van der Waals surface area contributed by atoms with Crippen molar-refractivity contribution < 1.29 is 9.90 Å². The van der Waals surface area contributed by atoms with Gasteiger partial charge in [0.1, 0.15) is 0 Å². The smallest absolute Gasteiger partial charge is 0.303 e. The van der Waals surface area contributed by atoms with Gasteiger partial charge in [0.2, 0.25) is 0 Å². The van der Waals surface area contributed by atoms with Crippen molar-refractivity contribution in [2.45, 2.75) is 38.5 Å². The highest BCUT2D eigenvalue weighted by Gasteiger charge is 2.38. The normalized spacial score (nSPS) is 21.9. The lowest BCUT2D eigenvalue weighted by Gasteiger charge is -2.40. The molecule has 0 heterocycles. The molecule has 1 aromatic carbocycles. The first-order valence-electron chi connectivity index (χ1n) is 5.92. The monoisotopic (exact) mass is 252 g/mol. The summed E-state index contributed by atoms with van der Waals surface area (Å²) in [7, 11) is 0. The highest BCUT2D eigenvalue weighted by molar-refractivity contribution is 6.31. The number of carboxylic acid groups (broad SMARTS) is 1. The predicted octanol–water partition coefficient (Wildman–Crippen LogP) is 3.65. The Balaban J connectivity index is 2.43. The maximum absolute atomic E-state index is 10.9. The van der Waals surface area contributed by atoms with Crippen LogP contribution in [0.2, 0.25) is 5.02 Å². The zero-order valence-electron chi connectivity index (χ0n) is 10.2. The van der Waals surface area contributed by atoms with E-state index in [1.165, 1.54) is 5.56 Å². The molecule has 0 amide bonds. The van der Waals surface area contributed by atoms with Gasteiger partial charge in [-0.25, -0.2) is 0 Å². The fourth-order valence-corrected chi connectivity index (χ4v) is 3.40. The molecule has 2 nitrogen and oxygen atoms in total. The van der Waals surface area contributed by atoms with Crippen LogP contribution in [0.3, 0.4) is 0 Å². The van der Waals surface area contributed by atoms with E-state index in [4.69, 9.17) is 16.7 Å². The van der Waals surface area contributed by atoms with Crippen LogP contribution in [0.4, 0.5) is 0 Å². The summed E-state index contributed by atoms with van der Waals surface area (Å²) in [4.78, 5) is 10.9. The Bertz CT molecular complexity index is 452. The number of fused-ring (bicyclic) bond motifs is 1. The summed E-state index contributed by atoms with van der Waals surface area (Å²) in [5.41, 5.74) is 2.24. The molecular formula is C14H17ClO2. The number of carboxylic acids is 1. The van der Waals surface area contributed by atoms with E-state index in [1.54, 1.807) is 0 Å². The van der Waals surface area contributed by atoms with Gasteiger partial charge in [-0.2, -0.15) is 0 Å². The first kappa shape index (κ1) is 12.4. The van der Waals surface area contributed by atoms with Crippen molar-refractivity contribution in [1.29, 1.82) is 0 Å². The average Bonchev–Trinajstić information content (AvgIpc) is 2.21. The topological polar surface area (TPSA) is 37.3 Å². The van der Waals surface area contributed by atoms with Gasteiger partial charge in [0.25, 0.3) is 0 Å². The Morgan fingerprint density at radius 3 is 2.88 bits per heavy atom. The van der Waals surface area contributed by atoms with E-state index in [2.05, 4.69) is 19.9 Å². The molecule has 1 aromatic rings. The third kappa shape index (κ3) is 2.19.